The number of amides is 2. The van der Waals surface area contributed by atoms with Crippen molar-refractivity contribution in [3.05, 3.63) is 40.8 Å². The summed E-state index contributed by atoms with van der Waals surface area (Å²) in [6.07, 6.45) is 2.71. The van der Waals surface area contributed by atoms with Crippen LogP contribution in [0.5, 0.6) is 11.6 Å². The first-order valence-electron chi connectivity index (χ1n) is 12.1. The summed E-state index contributed by atoms with van der Waals surface area (Å²) in [6.45, 7) is 0.876. The van der Waals surface area contributed by atoms with Crippen LogP contribution in [0.2, 0.25) is 0 Å². The van der Waals surface area contributed by atoms with Crippen molar-refractivity contribution in [2.24, 2.45) is 0 Å². The zero-order valence-electron chi connectivity index (χ0n) is 20.0. The van der Waals surface area contributed by atoms with E-state index in [1.807, 2.05) is 0 Å². The fourth-order valence-electron chi connectivity index (χ4n) is 5.13. The number of aromatic nitrogens is 4. The maximum Gasteiger partial charge on any atom is 0.416 e. The highest BCUT2D eigenvalue weighted by molar-refractivity contribution is 5.95. The number of methoxy groups -OCH3 is 1. The predicted molar refractivity (Wildman–Crippen MR) is 131 cm³/mol. The van der Waals surface area contributed by atoms with E-state index in [1.165, 1.54) is 13.3 Å². The third kappa shape index (κ3) is 4.31. The average molecular weight is 508 g/mol. The molecule has 5 heterocycles. The lowest BCUT2D eigenvalue weighted by Gasteiger charge is -2.33. The van der Waals surface area contributed by atoms with Crippen molar-refractivity contribution in [1.82, 2.24) is 24.8 Å². The van der Waals surface area contributed by atoms with Gasteiger partial charge in [0.2, 0.25) is 5.88 Å². The van der Waals surface area contributed by atoms with Gasteiger partial charge in [-0.3, -0.25) is 19.1 Å². The molecule has 3 aromatic rings. The van der Waals surface area contributed by atoms with Gasteiger partial charge in [0.15, 0.2) is 23.8 Å². The van der Waals surface area contributed by atoms with Gasteiger partial charge in [0.1, 0.15) is 17.4 Å². The van der Waals surface area contributed by atoms with Crippen LogP contribution in [0.1, 0.15) is 19.3 Å². The van der Waals surface area contributed by atoms with Gasteiger partial charge in [0.05, 0.1) is 19.3 Å². The minimum absolute atomic E-state index is 0.0599. The SMILES string of the molecule is COc1ccc2ncc(=O)n(CCN[C@@H]3CC[C@@H]4[C@@H](C3)OC(=O)N4c3ccc4c(n3)NC(=O)CO4)c2n1. The number of rotatable bonds is 6. The Balaban J connectivity index is 1.11. The molecule has 2 N–H and O–H groups in total. The number of fused-ring (bicyclic) bond motifs is 3. The van der Waals surface area contributed by atoms with E-state index in [-0.39, 0.29) is 36.3 Å². The smallest absolute Gasteiger partial charge is 0.416 e. The molecule has 192 valence electrons. The van der Waals surface area contributed by atoms with Crippen molar-refractivity contribution >= 4 is 34.8 Å². The molecule has 2 fully saturated rings. The molecule has 13 nitrogen and oxygen atoms in total. The zero-order valence-corrected chi connectivity index (χ0v) is 20.0. The lowest BCUT2D eigenvalue weighted by Crippen LogP contribution is -2.46. The Hall–Kier alpha value is -4.26. The van der Waals surface area contributed by atoms with Gasteiger partial charge in [0.25, 0.3) is 11.5 Å². The van der Waals surface area contributed by atoms with E-state index in [4.69, 9.17) is 14.2 Å². The molecule has 0 bridgehead atoms. The second-order valence-corrected chi connectivity index (χ2v) is 9.12. The van der Waals surface area contributed by atoms with E-state index in [2.05, 4.69) is 25.6 Å². The Morgan fingerprint density at radius 2 is 2.05 bits per heavy atom. The minimum Gasteiger partial charge on any atom is -0.481 e. The van der Waals surface area contributed by atoms with Gasteiger partial charge in [-0.25, -0.2) is 14.8 Å². The standard InChI is InChI=1S/C24H25N7O6/c1-35-20-7-3-14-23(29-20)30(21(33)11-26-14)9-8-25-13-2-4-15-17(10-13)37-24(34)31(15)18-6-5-16-22(27-18)28-19(32)12-36-16/h3,5-7,11,13,15,17,25H,2,4,8-10,12H2,1H3,(H,27,28,32)/t13-,15-,17-/m1/s1. The summed E-state index contributed by atoms with van der Waals surface area (Å²) in [6, 6.07) is 6.83. The molecule has 3 atom stereocenters. The lowest BCUT2D eigenvalue weighted by atomic mass is 9.88. The van der Waals surface area contributed by atoms with E-state index >= 15 is 0 Å². The summed E-state index contributed by atoms with van der Waals surface area (Å²) < 4.78 is 17.8. The molecule has 37 heavy (non-hydrogen) atoms. The molecule has 6 rings (SSSR count). The fourth-order valence-corrected chi connectivity index (χ4v) is 5.13. The summed E-state index contributed by atoms with van der Waals surface area (Å²) in [4.78, 5) is 51.4. The fraction of sp³-hybridized carbons (Fsp3) is 0.417. The van der Waals surface area contributed by atoms with E-state index in [1.54, 1.807) is 33.7 Å². The third-order valence-corrected chi connectivity index (χ3v) is 6.89. The Morgan fingerprint density at radius 1 is 1.16 bits per heavy atom. The van der Waals surface area contributed by atoms with Crippen LogP contribution in [0.3, 0.4) is 0 Å². The van der Waals surface area contributed by atoms with Gasteiger partial charge >= 0.3 is 6.09 Å². The number of nitrogens with one attached hydrogen (secondary N) is 2. The highest BCUT2D eigenvalue weighted by atomic mass is 16.6. The number of pyridine rings is 2. The van der Waals surface area contributed by atoms with E-state index in [0.29, 0.717) is 60.4 Å². The van der Waals surface area contributed by atoms with E-state index < -0.39 is 6.09 Å². The van der Waals surface area contributed by atoms with Crippen molar-refractivity contribution in [3.63, 3.8) is 0 Å². The molecule has 1 saturated carbocycles. The highest BCUT2D eigenvalue weighted by Crippen LogP contribution is 2.37. The molecule has 3 aliphatic rings. The Labute approximate surface area is 210 Å². The molecule has 0 radical (unpaired) electrons. The van der Waals surface area contributed by atoms with Gasteiger partial charge in [-0.05, 0) is 31.0 Å². The number of carbonyl (C=O) groups excluding carboxylic acids is 2. The van der Waals surface area contributed by atoms with Crippen molar-refractivity contribution < 1.29 is 23.8 Å². The molecular formula is C24H25N7O6. The molecule has 2 aliphatic heterocycles. The Kier molecular flexibility index (Phi) is 5.83. The topological polar surface area (TPSA) is 150 Å². The van der Waals surface area contributed by atoms with Crippen LogP contribution in [-0.4, -0.2) is 70.0 Å². The van der Waals surface area contributed by atoms with Gasteiger partial charge in [-0.2, -0.15) is 4.98 Å². The molecule has 13 heteroatoms. The Morgan fingerprint density at radius 3 is 2.92 bits per heavy atom. The average Bonchev–Trinajstić information content (AvgIpc) is 3.24. The number of hydrogen-bond acceptors (Lipinski definition) is 10. The second-order valence-electron chi connectivity index (χ2n) is 9.12. The number of anilines is 2. The molecule has 0 unspecified atom stereocenters. The quantitative estimate of drug-likeness (QED) is 0.496. The predicted octanol–water partition coefficient (Wildman–Crippen LogP) is 1.06. The first-order valence-corrected chi connectivity index (χ1v) is 12.1. The molecular weight excluding hydrogens is 482 g/mol. The van der Waals surface area contributed by atoms with E-state index in [9.17, 15) is 14.4 Å². The number of hydrogen-bond donors (Lipinski definition) is 2. The van der Waals surface area contributed by atoms with Crippen LogP contribution < -0.4 is 30.6 Å². The second kappa shape index (κ2) is 9.32. The van der Waals surface area contributed by atoms with Crippen LogP contribution in [0.15, 0.2) is 35.3 Å². The van der Waals surface area contributed by atoms with Crippen LogP contribution in [0.25, 0.3) is 11.2 Å². The van der Waals surface area contributed by atoms with Gasteiger partial charge < -0.3 is 24.8 Å². The molecule has 1 aliphatic carbocycles. The molecule has 3 aromatic heterocycles. The van der Waals surface area contributed by atoms with Crippen LogP contribution in [0.4, 0.5) is 16.4 Å². The summed E-state index contributed by atoms with van der Waals surface area (Å²) in [5.41, 5.74) is 0.843. The Bertz CT molecular complexity index is 1440. The van der Waals surface area contributed by atoms with Crippen molar-refractivity contribution in [2.45, 2.75) is 44.0 Å². The summed E-state index contributed by atoms with van der Waals surface area (Å²) in [7, 11) is 1.52. The molecule has 2 amide bonds. The summed E-state index contributed by atoms with van der Waals surface area (Å²) >= 11 is 0. The molecule has 0 aromatic carbocycles. The maximum atomic E-state index is 12.8. The normalized spacial score (nSPS) is 22.6. The third-order valence-electron chi connectivity index (χ3n) is 6.89. The van der Waals surface area contributed by atoms with Gasteiger partial charge in [0, 0.05) is 31.6 Å². The van der Waals surface area contributed by atoms with Gasteiger partial charge in [-0.1, -0.05) is 0 Å². The number of ether oxygens (including phenoxy) is 3. The van der Waals surface area contributed by atoms with Crippen molar-refractivity contribution in [1.29, 1.82) is 0 Å². The lowest BCUT2D eigenvalue weighted by molar-refractivity contribution is -0.118. The van der Waals surface area contributed by atoms with Crippen LogP contribution >= 0.6 is 0 Å². The highest BCUT2D eigenvalue weighted by Gasteiger charge is 2.46. The van der Waals surface area contributed by atoms with E-state index in [0.717, 1.165) is 6.42 Å². The molecule has 0 spiro atoms. The minimum atomic E-state index is -0.457. The zero-order chi connectivity index (χ0) is 25.5. The monoisotopic (exact) mass is 507 g/mol. The van der Waals surface area contributed by atoms with Crippen molar-refractivity contribution in [2.75, 3.05) is 30.5 Å². The first kappa shape index (κ1) is 23.2. The van der Waals surface area contributed by atoms with Crippen LogP contribution in [0, 0.1) is 0 Å². The van der Waals surface area contributed by atoms with Crippen molar-refractivity contribution in [3.8, 4) is 11.6 Å². The number of carbonyl (C=O) groups is 2. The first-order chi connectivity index (χ1) is 18.0. The van der Waals surface area contributed by atoms with Gasteiger partial charge in [-0.15, -0.1) is 0 Å². The number of nitrogens with zero attached hydrogens (tertiary/aromatic N) is 5. The summed E-state index contributed by atoms with van der Waals surface area (Å²) in [5.74, 6) is 1.31. The maximum absolute atomic E-state index is 12.8. The van der Waals surface area contributed by atoms with Crippen LogP contribution in [-0.2, 0) is 16.1 Å². The summed E-state index contributed by atoms with van der Waals surface area (Å²) in [5, 5.41) is 6.16. The largest absolute Gasteiger partial charge is 0.481 e. The molecule has 1 saturated heterocycles.